The SMILES string of the molecule is [B]c1ccc(C2CCN(C)CC2)cc1. The first-order valence-corrected chi connectivity index (χ1v) is 5.29. The number of hydrogen-bond donors (Lipinski definition) is 0. The molecule has 1 saturated heterocycles. The third kappa shape index (κ3) is 2.18. The Hall–Kier alpha value is -0.755. The van der Waals surface area contributed by atoms with Gasteiger partial charge in [0.15, 0.2) is 0 Å². The van der Waals surface area contributed by atoms with Gasteiger partial charge in [0.2, 0.25) is 0 Å². The highest BCUT2D eigenvalue weighted by Crippen LogP contribution is 2.26. The quantitative estimate of drug-likeness (QED) is 0.596. The van der Waals surface area contributed by atoms with Crippen LogP contribution in [0, 0.1) is 0 Å². The Morgan fingerprint density at radius 3 is 2.29 bits per heavy atom. The zero-order chi connectivity index (χ0) is 9.97. The van der Waals surface area contributed by atoms with Gasteiger partial charge in [-0.25, -0.2) is 0 Å². The van der Waals surface area contributed by atoms with Crippen molar-refractivity contribution in [2.24, 2.45) is 0 Å². The molecule has 0 amide bonds. The molecule has 0 aromatic heterocycles. The lowest BCUT2D eigenvalue weighted by Crippen LogP contribution is -2.29. The van der Waals surface area contributed by atoms with Crippen molar-refractivity contribution in [3.8, 4) is 0 Å². The van der Waals surface area contributed by atoms with Crippen LogP contribution >= 0.6 is 0 Å². The summed E-state index contributed by atoms with van der Waals surface area (Å²) in [4.78, 5) is 2.40. The average molecular weight is 185 g/mol. The predicted octanol–water partition coefficient (Wildman–Crippen LogP) is 1.29. The maximum absolute atomic E-state index is 5.67. The highest BCUT2D eigenvalue weighted by Gasteiger charge is 2.17. The van der Waals surface area contributed by atoms with E-state index >= 15 is 0 Å². The molecule has 0 atom stereocenters. The van der Waals surface area contributed by atoms with Gasteiger partial charge < -0.3 is 4.90 Å². The zero-order valence-corrected chi connectivity index (χ0v) is 8.74. The summed E-state index contributed by atoms with van der Waals surface area (Å²) in [5.74, 6) is 0.742. The standard InChI is InChI=1S/C12H16BN/c1-14-8-6-11(7-9-14)10-2-4-12(13)5-3-10/h2-5,11H,6-9H2,1H3. The van der Waals surface area contributed by atoms with Crippen LogP contribution in [0.5, 0.6) is 0 Å². The van der Waals surface area contributed by atoms with E-state index in [9.17, 15) is 0 Å². The molecule has 2 radical (unpaired) electrons. The minimum Gasteiger partial charge on any atom is -0.306 e. The summed E-state index contributed by atoms with van der Waals surface area (Å²) in [7, 11) is 7.86. The lowest BCUT2D eigenvalue weighted by Gasteiger charge is -2.29. The second-order valence-corrected chi connectivity index (χ2v) is 4.24. The second kappa shape index (κ2) is 4.18. The molecule has 0 unspecified atom stereocenters. The van der Waals surface area contributed by atoms with Crippen molar-refractivity contribution < 1.29 is 0 Å². The number of rotatable bonds is 1. The van der Waals surface area contributed by atoms with E-state index < -0.39 is 0 Å². The van der Waals surface area contributed by atoms with Crippen LogP contribution in [-0.4, -0.2) is 32.9 Å². The van der Waals surface area contributed by atoms with Gasteiger partial charge in [-0.3, -0.25) is 0 Å². The van der Waals surface area contributed by atoms with E-state index in [1.54, 1.807) is 0 Å². The van der Waals surface area contributed by atoms with Gasteiger partial charge in [0, 0.05) is 0 Å². The van der Waals surface area contributed by atoms with Crippen molar-refractivity contribution in [2.75, 3.05) is 20.1 Å². The molecule has 1 aromatic rings. The summed E-state index contributed by atoms with van der Waals surface area (Å²) >= 11 is 0. The molecule has 2 heteroatoms. The van der Waals surface area contributed by atoms with Crippen LogP contribution in [0.4, 0.5) is 0 Å². The third-order valence-corrected chi connectivity index (χ3v) is 3.13. The van der Waals surface area contributed by atoms with Crippen molar-refractivity contribution in [1.82, 2.24) is 4.90 Å². The second-order valence-electron chi connectivity index (χ2n) is 4.24. The maximum atomic E-state index is 5.67. The van der Waals surface area contributed by atoms with Crippen LogP contribution in [0.1, 0.15) is 24.3 Å². The molecule has 14 heavy (non-hydrogen) atoms. The van der Waals surface area contributed by atoms with E-state index in [-0.39, 0.29) is 0 Å². The summed E-state index contributed by atoms with van der Waals surface area (Å²) in [6.07, 6.45) is 2.56. The molecule has 1 aromatic carbocycles. The Morgan fingerprint density at radius 1 is 1.14 bits per heavy atom. The monoisotopic (exact) mass is 185 g/mol. The number of benzene rings is 1. The first kappa shape index (κ1) is 9.79. The Morgan fingerprint density at radius 2 is 1.71 bits per heavy atom. The molecule has 0 saturated carbocycles. The van der Waals surface area contributed by atoms with Crippen LogP contribution < -0.4 is 5.46 Å². The number of hydrogen-bond acceptors (Lipinski definition) is 1. The molecule has 1 fully saturated rings. The topological polar surface area (TPSA) is 3.24 Å². The lowest BCUT2D eigenvalue weighted by atomic mass is 9.87. The first-order valence-electron chi connectivity index (χ1n) is 5.29. The predicted molar refractivity (Wildman–Crippen MR) is 61.3 cm³/mol. The van der Waals surface area contributed by atoms with Gasteiger partial charge in [-0.15, -0.1) is 0 Å². The average Bonchev–Trinajstić information content (AvgIpc) is 2.21. The zero-order valence-electron chi connectivity index (χ0n) is 8.74. The summed E-state index contributed by atoms with van der Waals surface area (Å²) in [6.45, 7) is 2.43. The van der Waals surface area contributed by atoms with Gasteiger partial charge >= 0.3 is 0 Å². The minimum absolute atomic E-state index is 0.742. The van der Waals surface area contributed by atoms with E-state index in [0.717, 1.165) is 11.4 Å². The largest absolute Gasteiger partial charge is 0.306 e. The van der Waals surface area contributed by atoms with Gasteiger partial charge in [-0.2, -0.15) is 0 Å². The van der Waals surface area contributed by atoms with Crippen LogP contribution in [0.15, 0.2) is 24.3 Å². The van der Waals surface area contributed by atoms with Gasteiger partial charge in [-0.05, 0) is 44.5 Å². The molecule has 1 aliphatic rings. The molecule has 0 bridgehead atoms. The fourth-order valence-corrected chi connectivity index (χ4v) is 2.11. The molecule has 0 spiro atoms. The summed E-state index contributed by atoms with van der Waals surface area (Å²) < 4.78 is 0. The van der Waals surface area contributed by atoms with Crippen molar-refractivity contribution in [2.45, 2.75) is 18.8 Å². The molecular formula is C12H16BN. The smallest absolute Gasteiger partial charge is 0.113 e. The van der Waals surface area contributed by atoms with Crippen LogP contribution in [0.25, 0.3) is 0 Å². The first-order chi connectivity index (χ1) is 6.75. The van der Waals surface area contributed by atoms with Crippen molar-refractivity contribution in [3.05, 3.63) is 29.8 Å². The fourth-order valence-electron chi connectivity index (χ4n) is 2.11. The minimum atomic E-state index is 0.742. The number of nitrogens with zero attached hydrogens (tertiary/aromatic N) is 1. The molecule has 1 heterocycles. The van der Waals surface area contributed by atoms with Gasteiger partial charge in [0.1, 0.15) is 7.85 Å². The summed E-state index contributed by atoms with van der Waals surface area (Å²) in [6, 6.07) is 8.36. The Bertz CT molecular complexity index is 286. The molecule has 0 N–H and O–H groups in total. The van der Waals surface area contributed by atoms with E-state index in [2.05, 4.69) is 24.1 Å². The van der Waals surface area contributed by atoms with Crippen LogP contribution in [0.2, 0.25) is 0 Å². The maximum Gasteiger partial charge on any atom is 0.113 e. The molecular weight excluding hydrogens is 169 g/mol. The van der Waals surface area contributed by atoms with Gasteiger partial charge in [0.05, 0.1) is 0 Å². The Balaban J connectivity index is 2.05. The van der Waals surface area contributed by atoms with Gasteiger partial charge in [0.25, 0.3) is 0 Å². The van der Waals surface area contributed by atoms with Crippen molar-refractivity contribution >= 4 is 13.3 Å². The Kier molecular flexibility index (Phi) is 2.92. The lowest BCUT2D eigenvalue weighted by molar-refractivity contribution is 0.255. The van der Waals surface area contributed by atoms with Gasteiger partial charge in [-0.1, -0.05) is 29.7 Å². The molecule has 0 aliphatic carbocycles. The molecule has 1 nitrogen and oxygen atoms in total. The molecule has 2 rings (SSSR count). The summed E-state index contributed by atoms with van der Waals surface area (Å²) in [5, 5.41) is 0. The molecule has 72 valence electrons. The van der Waals surface area contributed by atoms with Crippen LogP contribution in [0.3, 0.4) is 0 Å². The van der Waals surface area contributed by atoms with Crippen molar-refractivity contribution in [1.29, 1.82) is 0 Å². The summed E-state index contributed by atoms with van der Waals surface area (Å²) in [5.41, 5.74) is 2.31. The van der Waals surface area contributed by atoms with Crippen molar-refractivity contribution in [3.63, 3.8) is 0 Å². The highest BCUT2D eigenvalue weighted by molar-refractivity contribution is 6.32. The normalized spacial score (nSPS) is 19.8. The van der Waals surface area contributed by atoms with E-state index in [4.69, 9.17) is 7.85 Å². The number of piperidine rings is 1. The van der Waals surface area contributed by atoms with E-state index in [0.29, 0.717) is 0 Å². The van der Waals surface area contributed by atoms with Crippen LogP contribution in [-0.2, 0) is 0 Å². The fraction of sp³-hybridized carbons (Fsp3) is 0.500. The Labute approximate surface area is 87.5 Å². The van der Waals surface area contributed by atoms with E-state index in [1.807, 2.05) is 12.1 Å². The number of likely N-dealkylation sites (tertiary alicyclic amines) is 1. The van der Waals surface area contributed by atoms with E-state index in [1.165, 1.54) is 31.5 Å². The highest BCUT2D eigenvalue weighted by atomic mass is 15.1. The molecule has 1 aliphatic heterocycles. The third-order valence-electron chi connectivity index (χ3n) is 3.13.